The van der Waals surface area contributed by atoms with Crippen molar-refractivity contribution in [1.29, 1.82) is 0 Å². The van der Waals surface area contributed by atoms with Gasteiger partial charge in [-0.3, -0.25) is 0 Å². The van der Waals surface area contributed by atoms with Crippen LogP contribution in [-0.2, 0) is 0 Å². The molecule has 0 aromatic carbocycles. The molecule has 0 heterocycles. The second-order valence-corrected chi connectivity index (χ2v) is 3.74. The van der Waals surface area contributed by atoms with Crippen LogP contribution in [0.25, 0.3) is 0 Å². The standard InChI is InChI=1S/C4H17B7/c1-3-6-4(2)7-9-11-10-8-5/h4,6-11H,3,5H2,1-2H3. The molecule has 0 aliphatic carbocycles. The fourth-order valence-corrected chi connectivity index (χ4v) is 1.56. The van der Waals surface area contributed by atoms with E-state index in [1.165, 1.54) is 49.0 Å². The minimum atomic E-state index is 0.969. The van der Waals surface area contributed by atoms with E-state index in [2.05, 4.69) is 21.6 Å². The fourth-order valence-electron chi connectivity index (χ4n) is 1.56. The van der Waals surface area contributed by atoms with Gasteiger partial charge in [-0.25, -0.2) is 0 Å². The van der Waals surface area contributed by atoms with Gasteiger partial charge in [-0.05, 0) is 0 Å². The topological polar surface area (TPSA) is 0 Å². The third-order valence-electron chi connectivity index (χ3n) is 2.33. The molecule has 1 atom stereocenters. The zero-order valence-electron chi connectivity index (χ0n) is 8.53. The van der Waals surface area contributed by atoms with Crippen LogP contribution in [0.5, 0.6) is 0 Å². The van der Waals surface area contributed by atoms with Crippen molar-refractivity contribution in [3.05, 3.63) is 0 Å². The summed E-state index contributed by atoms with van der Waals surface area (Å²) in [5.74, 6) is 0. The normalized spacial score (nSPS) is 11.1. The predicted molar refractivity (Wildman–Crippen MR) is 71.3 cm³/mol. The summed E-state index contributed by atoms with van der Waals surface area (Å²) in [5.41, 5.74) is 0.969. The third kappa shape index (κ3) is 8.36. The van der Waals surface area contributed by atoms with Crippen molar-refractivity contribution < 1.29 is 0 Å². The van der Waals surface area contributed by atoms with Gasteiger partial charge in [0.1, 0.15) is 7.28 Å². The van der Waals surface area contributed by atoms with Crippen molar-refractivity contribution in [2.45, 2.75) is 25.9 Å². The van der Waals surface area contributed by atoms with E-state index in [9.17, 15) is 0 Å². The maximum absolute atomic E-state index is 2.38. The van der Waals surface area contributed by atoms with Crippen molar-refractivity contribution in [1.82, 2.24) is 0 Å². The largest absolute Gasteiger partial charge is 0.114 e. The van der Waals surface area contributed by atoms with Gasteiger partial charge in [-0.2, -0.15) is 0 Å². The van der Waals surface area contributed by atoms with Crippen molar-refractivity contribution in [2.75, 3.05) is 0 Å². The lowest BCUT2D eigenvalue weighted by molar-refractivity contribution is 1.28. The van der Waals surface area contributed by atoms with Crippen LogP contribution in [0.4, 0.5) is 0 Å². The van der Waals surface area contributed by atoms with Crippen molar-refractivity contribution >= 4 is 50.4 Å². The van der Waals surface area contributed by atoms with Crippen LogP contribution in [0.2, 0.25) is 12.0 Å². The molecule has 0 nitrogen and oxygen atoms in total. The first kappa shape index (κ1) is 11.5. The first-order chi connectivity index (χ1) is 5.31. The molecule has 0 spiro atoms. The summed E-state index contributed by atoms with van der Waals surface area (Å²) in [6.07, 6.45) is 1.36. The highest BCUT2D eigenvalue weighted by molar-refractivity contribution is 7.58. The summed E-state index contributed by atoms with van der Waals surface area (Å²) >= 11 is 0. The molecule has 11 heavy (non-hydrogen) atoms. The second-order valence-electron chi connectivity index (χ2n) is 3.74. The molecule has 0 radical (unpaired) electrons. The van der Waals surface area contributed by atoms with E-state index in [0.29, 0.717) is 0 Å². The molecule has 0 bridgehead atoms. The minimum absolute atomic E-state index is 0.969. The van der Waals surface area contributed by atoms with Crippen LogP contribution in [0.15, 0.2) is 0 Å². The quantitative estimate of drug-likeness (QED) is 0.262. The Morgan fingerprint density at radius 3 is 2.55 bits per heavy atom. The maximum Gasteiger partial charge on any atom is 0.114 e. The highest BCUT2D eigenvalue weighted by Crippen LogP contribution is 1.98. The van der Waals surface area contributed by atoms with E-state index < -0.39 is 0 Å². The maximum atomic E-state index is 2.38. The monoisotopic (exact) mass is 142 g/mol. The molecule has 0 fully saturated rings. The lowest BCUT2D eigenvalue weighted by atomic mass is 8.97. The van der Waals surface area contributed by atoms with Crippen molar-refractivity contribution in [3.8, 4) is 0 Å². The summed E-state index contributed by atoms with van der Waals surface area (Å²) in [6.45, 7) is 4.66. The van der Waals surface area contributed by atoms with Crippen LogP contribution < -0.4 is 0 Å². The molecule has 0 aromatic heterocycles. The number of rotatable bonds is 7. The molecule has 0 rings (SSSR count). The number of hydrogen-bond acceptors (Lipinski definition) is 0. The van der Waals surface area contributed by atoms with E-state index in [1.807, 2.05) is 0 Å². The van der Waals surface area contributed by atoms with Gasteiger partial charge < -0.3 is 0 Å². The Labute approximate surface area is 76.8 Å². The summed E-state index contributed by atoms with van der Waals surface area (Å²) < 4.78 is 0. The lowest BCUT2D eigenvalue weighted by Crippen LogP contribution is -2.26. The Hall–Kier alpha value is 0.455. The van der Waals surface area contributed by atoms with E-state index >= 15 is 0 Å². The predicted octanol–water partition coefficient (Wildman–Crippen LogP) is -2.98. The van der Waals surface area contributed by atoms with Gasteiger partial charge in [0.05, 0.1) is 14.9 Å². The first-order valence-corrected chi connectivity index (χ1v) is 5.31. The van der Waals surface area contributed by atoms with Gasteiger partial charge in [-0.1, -0.05) is 25.9 Å². The zero-order chi connectivity index (χ0) is 8.53. The van der Waals surface area contributed by atoms with Gasteiger partial charge in [0.15, 0.2) is 0 Å². The van der Waals surface area contributed by atoms with E-state index in [1.54, 1.807) is 0 Å². The number of hydrogen-bond donors (Lipinski definition) is 0. The molecule has 0 saturated heterocycles. The highest BCUT2D eigenvalue weighted by atomic mass is 13.6. The van der Waals surface area contributed by atoms with E-state index in [0.717, 1.165) is 5.72 Å². The smallest absolute Gasteiger partial charge is 0.0994 e. The van der Waals surface area contributed by atoms with Crippen molar-refractivity contribution in [2.24, 2.45) is 0 Å². The molecule has 1 unspecified atom stereocenters. The van der Waals surface area contributed by atoms with Gasteiger partial charge >= 0.3 is 0 Å². The molecule has 0 N–H and O–H groups in total. The molecular weight excluding hydrogens is 124 g/mol. The molecule has 0 aromatic rings. The summed E-state index contributed by atoms with van der Waals surface area (Å²) in [4.78, 5) is 0. The van der Waals surface area contributed by atoms with E-state index in [4.69, 9.17) is 0 Å². The minimum Gasteiger partial charge on any atom is -0.0994 e. The van der Waals surface area contributed by atoms with Crippen LogP contribution in [-0.4, -0.2) is 50.4 Å². The molecule has 0 aliphatic rings. The summed E-state index contributed by atoms with van der Waals surface area (Å²) in [7, 11) is 10.8. The molecule has 0 saturated carbocycles. The fraction of sp³-hybridized carbons (Fsp3) is 1.00. The van der Waals surface area contributed by atoms with Crippen LogP contribution in [0.1, 0.15) is 13.8 Å². The van der Waals surface area contributed by atoms with Gasteiger partial charge in [0.25, 0.3) is 0 Å². The van der Waals surface area contributed by atoms with Crippen LogP contribution in [0, 0.1) is 0 Å². The highest BCUT2D eigenvalue weighted by Gasteiger charge is 2.04. The zero-order valence-corrected chi connectivity index (χ0v) is 8.53. The average molecular weight is 141 g/mol. The lowest BCUT2D eigenvalue weighted by Gasteiger charge is -2.03. The Bertz CT molecular complexity index is 76.8. The Morgan fingerprint density at radius 2 is 2.00 bits per heavy atom. The van der Waals surface area contributed by atoms with Gasteiger partial charge in [0.2, 0.25) is 0 Å². The average Bonchev–Trinajstić information content (AvgIpc) is 1.99. The van der Waals surface area contributed by atoms with Gasteiger partial charge in [0, 0.05) is 28.2 Å². The second kappa shape index (κ2) is 8.55. The van der Waals surface area contributed by atoms with Gasteiger partial charge in [-0.15, -0.1) is 0 Å². The van der Waals surface area contributed by atoms with E-state index in [-0.39, 0.29) is 0 Å². The molecule has 54 valence electrons. The van der Waals surface area contributed by atoms with Crippen LogP contribution >= 0.6 is 0 Å². The Morgan fingerprint density at radius 1 is 1.27 bits per heavy atom. The molecular formula is C4H17B7. The van der Waals surface area contributed by atoms with Crippen LogP contribution in [0.3, 0.4) is 0 Å². The third-order valence-corrected chi connectivity index (χ3v) is 2.33. The Kier molecular flexibility index (Phi) is 8.90. The SMILES string of the molecule is BBBBBBC(C)BCC. The Balaban J connectivity index is 2.97. The molecule has 0 aliphatic heterocycles. The molecule has 0 amide bonds. The van der Waals surface area contributed by atoms with Crippen molar-refractivity contribution in [3.63, 3.8) is 0 Å². The molecule has 7 heteroatoms. The summed E-state index contributed by atoms with van der Waals surface area (Å²) in [5, 5.41) is 0. The summed E-state index contributed by atoms with van der Waals surface area (Å²) in [6, 6.07) is 0. The first-order valence-electron chi connectivity index (χ1n) is 5.31.